The average molecular weight is 248 g/mol. The van der Waals surface area contributed by atoms with Crippen LogP contribution in [0, 0.1) is 0 Å². The van der Waals surface area contributed by atoms with Crippen molar-refractivity contribution in [3.63, 3.8) is 0 Å². The number of amides is 1. The van der Waals surface area contributed by atoms with Crippen LogP contribution in [0.4, 0.5) is 0 Å². The maximum atomic E-state index is 11.9. The Kier molecular flexibility index (Phi) is 4.31. The molecular weight excluding hydrogens is 228 g/mol. The van der Waals surface area contributed by atoms with Crippen molar-refractivity contribution >= 4 is 5.91 Å². The predicted octanol–water partition coefficient (Wildman–Crippen LogP) is 1.44. The van der Waals surface area contributed by atoms with E-state index >= 15 is 0 Å². The molecule has 1 saturated carbocycles. The summed E-state index contributed by atoms with van der Waals surface area (Å²) >= 11 is 0. The molecule has 1 aliphatic carbocycles. The first-order valence-electron chi connectivity index (χ1n) is 6.56. The van der Waals surface area contributed by atoms with Crippen LogP contribution >= 0.6 is 0 Å². The van der Waals surface area contributed by atoms with Crippen LogP contribution in [-0.2, 0) is 11.2 Å². The summed E-state index contributed by atoms with van der Waals surface area (Å²) in [5.74, 6) is 0.0107. The van der Waals surface area contributed by atoms with E-state index in [0.717, 1.165) is 31.4 Å². The smallest absolute Gasteiger partial charge is 0.220 e. The van der Waals surface area contributed by atoms with Gasteiger partial charge in [0, 0.05) is 18.3 Å². The fraction of sp³-hybridized carbons (Fsp3) is 0.571. The van der Waals surface area contributed by atoms with Gasteiger partial charge in [0.05, 0.1) is 12.1 Å². The molecule has 0 bridgehead atoms. The first-order valence-corrected chi connectivity index (χ1v) is 6.56. The Balaban J connectivity index is 1.82. The van der Waals surface area contributed by atoms with Crippen molar-refractivity contribution < 1.29 is 9.90 Å². The summed E-state index contributed by atoms with van der Waals surface area (Å²) in [5.41, 5.74) is 0.568. The molecule has 4 nitrogen and oxygen atoms in total. The van der Waals surface area contributed by atoms with E-state index in [9.17, 15) is 9.90 Å². The molecule has 0 atom stereocenters. The van der Waals surface area contributed by atoms with E-state index < -0.39 is 0 Å². The molecule has 0 unspecified atom stereocenters. The zero-order valence-corrected chi connectivity index (χ0v) is 10.6. The molecule has 0 spiro atoms. The highest BCUT2D eigenvalue weighted by atomic mass is 16.3. The zero-order valence-electron chi connectivity index (χ0n) is 10.6. The molecule has 4 heteroatoms. The van der Waals surface area contributed by atoms with Crippen LogP contribution in [0.5, 0.6) is 0 Å². The third kappa shape index (κ3) is 3.29. The van der Waals surface area contributed by atoms with E-state index in [1.165, 1.54) is 0 Å². The Bertz CT molecular complexity index is 386. The number of aryl methyl sites for hydroxylation is 1. The fourth-order valence-electron chi connectivity index (χ4n) is 2.52. The molecule has 18 heavy (non-hydrogen) atoms. The third-order valence-corrected chi connectivity index (χ3v) is 3.60. The minimum Gasteiger partial charge on any atom is -0.394 e. The van der Waals surface area contributed by atoms with Gasteiger partial charge in [-0.3, -0.25) is 9.78 Å². The van der Waals surface area contributed by atoms with Crippen LogP contribution < -0.4 is 5.32 Å². The maximum absolute atomic E-state index is 11.9. The second kappa shape index (κ2) is 5.96. The Hall–Kier alpha value is -1.42. The van der Waals surface area contributed by atoms with E-state index in [1.807, 2.05) is 18.2 Å². The molecule has 0 radical (unpaired) electrons. The minimum atomic E-state index is -0.360. The lowest BCUT2D eigenvalue weighted by molar-refractivity contribution is -0.123. The SMILES string of the molecule is O=C(CCc1ccccn1)NC1(CO)CCCC1. The molecule has 1 aliphatic rings. The quantitative estimate of drug-likeness (QED) is 0.828. The molecule has 1 heterocycles. The van der Waals surface area contributed by atoms with Gasteiger partial charge in [0.15, 0.2) is 0 Å². The van der Waals surface area contributed by atoms with Crippen molar-refractivity contribution in [3.05, 3.63) is 30.1 Å². The number of nitrogens with zero attached hydrogens (tertiary/aromatic N) is 1. The van der Waals surface area contributed by atoms with Crippen molar-refractivity contribution in [3.8, 4) is 0 Å². The third-order valence-electron chi connectivity index (χ3n) is 3.60. The predicted molar refractivity (Wildman–Crippen MR) is 69.0 cm³/mol. The number of nitrogens with one attached hydrogen (secondary N) is 1. The van der Waals surface area contributed by atoms with E-state index in [1.54, 1.807) is 6.20 Å². The highest BCUT2D eigenvalue weighted by Crippen LogP contribution is 2.29. The maximum Gasteiger partial charge on any atom is 0.220 e. The summed E-state index contributed by atoms with van der Waals surface area (Å²) < 4.78 is 0. The van der Waals surface area contributed by atoms with Gasteiger partial charge in [0.25, 0.3) is 0 Å². The van der Waals surface area contributed by atoms with E-state index in [2.05, 4.69) is 10.3 Å². The fourth-order valence-corrected chi connectivity index (χ4v) is 2.52. The van der Waals surface area contributed by atoms with Crippen LogP contribution in [0.2, 0.25) is 0 Å². The number of hydrogen-bond acceptors (Lipinski definition) is 3. The molecule has 2 rings (SSSR count). The lowest BCUT2D eigenvalue weighted by Crippen LogP contribution is -2.49. The van der Waals surface area contributed by atoms with Gasteiger partial charge >= 0.3 is 0 Å². The summed E-state index contributed by atoms with van der Waals surface area (Å²) in [7, 11) is 0. The van der Waals surface area contributed by atoms with Crippen molar-refractivity contribution in [2.45, 2.75) is 44.1 Å². The number of aliphatic hydroxyl groups excluding tert-OH is 1. The largest absolute Gasteiger partial charge is 0.394 e. The second-order valence-corrected chi connectivity index (χ2v) is 5.01. The number of rotatable bonds is 5. The molecule has 1 aromatic heterocycles. The molecular formula is C14H20N2O2. The monoisotopic (exact) mass is 248 g/mol. The van der Waals surface area contributed by atoms with Crippen LogP contribution in [0.15, 0.2) is 24.4 Å². The first-order chi connectivity index (χ1) is 8.74. The molecule has 0 saturated heterocycles. The van der Waals surface area contributed by atoms with Crippen molar-refractivity contribution in [2.75, 3.05) is 6.61 Å². The van der Waals surface area contributed by atoms with Gasteiger partial charge in [-0.2, -0.15) is 0 Å². The van der Waals surface area contributed by atoms with Gasteiger partial charge in [0.1, 0.15) is 0 Å². The van der Waals surface area contributed by atoms with Crippen LogP contribution in [0.25, 0.3) is 0 Å². The van der Waals surface area contributed by atoms with Crippen molar-refractivity contribution in [2.24, 2.45) is 0 Å². The summed E-state index contributed by atoms with van der Waals surface area (Å²) in [5, 5.41) is 12.4. The molecule has 2 N–H and O–H groups in total. The van der Waals surface area contributed by atoms with Gasteiger partial charge in [-0.15, -0.1) is 0 Å². The Morgan fingerprint density at radius 3 is 2.78 bits per heavy atom. The summed E-state index contributed by atoms with van der Waals surface area (Å²) in [6, 6.07) is 5.71. The summed E-state index contributed by atoms with van der Waals surface area (Å²) in [6.45, 7) is 0.0440. The number of aliphatic hydroxyl groups is 1. The Morgan fingerprint density at radius 2 is 2.17 bits per heavy atom. The van der Waals surface area contributed by atoms with E-state index in [-0.39, 0.29) is 18.1 Å². The normalized spacial score (nSPS) is 17.6. The van der Waals surface area contributed by atoms with Gasteiger partial charge in [0.2, 0.25) is 5.91 Å². The molecule has 1 fully saturated rings. The van der Waals surface area contributed by atoms with Gasteiger partial charge in [-0.1, -0.05) is 18.9 Å². The van der Waals surface area contributed by atoms with E-state index in [4.69, 9.17) is 0 Å². The van der Waals surface area contributed by atoms with Crippen molar-refractivity contribution in [1.29, 1.82) is 0 Å². The number of carbonyl (C=O) groups excluding carboxylic acids is 1. The molecule has 98 valence electrons. The van der Waals surface area contributed by atoms with E-state index in [0.29, 0.717) is 12.8 Å². The van der Waals surface area contributed by atoms with Gasteiger partial charge in [-0.05, 0) is 31.4 Å². The van der Waals surface area contributed by atoms with Crippen LogP contribution in [0.3, 0.4) is 0 Å². The highest BCUT2D eigenvalue weighted by molar-refractivity contribution is 5.77. The molecule has 1 amide bonds. The van der Waals surface area contributed by atoms with Crippen molar-refractivity contribution in [1.82, 2.24) is 10.3 Å². The number of aromatic nitrogens is 1. The first kappa shape index (κ1) is 13.0. The van der Waals surface area contributed by atoms with Crippen LogP contribution in [0.1, 0.15) is 37.8 Å². The zero-order chi connectivity index (χ0) is 12.8. The minimum absolute atomic E-state index is 0.0107. The second-order valence-electron chi connectivity index (χ2n) is 5.01. The number of carbonyl (C=O) groups is 1. The summed E-state index contributed by atoms with van der Waals surface area (Å²) in [6.07, 6.45) is 6.76. The Labute approximate surface area is 107 Å². The summed E-state index contributed by atoms with van der Waals surface area (Å²) in [4.78, 5) is 16.1. The number of hydrogen-bond donors (Lipinski definition) is 2. The lowest BCUT2D eigenvalue weighted by atomic mass is 9.98. The number of pyridine rings is 1. The van der Waals surface area contributed by atoms with Crippen LogP contribution in [-0.4, -0.2) is 28.1 Å². The standard InChI is InChI=1S/C14H20N2O2/c17-11-14(8-2-3-9-14)16-13(18)7-6-12-5-1-4-10-15-12/h1,4-5,10,17H,2-3,6-9,11H2,(H,16,18). The molecule has 0 aliphatic heterocycles. The van der Waals surface area contributed by atoms with Gasteiger partial charge < -0.3 is 10.4 Å². The highest BCUT2D eigenvalue weighted by Gasteiger charge is 2.34. The molecule has 0 aromatic carbocycles. The Morgan fingerprint density at radius 1 is 1.39 bits per heavy atom. The lowest BCUT2D eigenvalue weighted by Gasteiger charge is -2.27. The topological polar surface area (TPSA) is 62.2 Å². The average Bonchev–Trinajstić information content (AvgIpc) is 2.87. The van der Waals surface area contributed by atoms with Gasteiger partial charge in [-0.25, -0.2) is 0 Å². The molecule has 1 aromatic rings.